The number of ether oxygens (including phenoxy) is 3. The van der Waals surface area contributed by atoms with Crippen molar-refractivity contribution in [1.82, 2.24) is 9.80 Å². The van der Waals surface area contributed by atoms with Crippen LogP contribution < -0.4 is 5.46 Å². The van der Waals surface area contributed by atoms with E-state index in [0.717, 1.165) is 35.0 Å². The molecule has 0 aromatic heterocycles. The monoisotopic (exact) mass is 542 g/mol. The van der Waals surface area contributed by atoms with E-state index in [0.29, 0.717) is 46.1 Å². The van der Waals surface area contributed by atoms with Gasteiger partial charge in [0, 0.05) is 26.2 Å². The molecule has 0 aliphatic carbocycles. The lowest BCUT2D eigenvalue weighted by molar-refractivity contribution is -0.136. The molecule has 3 fully saturated rings. The van der Waals surface area contributed by atoms with E-state index in [9.17, 15) is 9.59 Å². The predicted octanol–water partition coefficient (Wildman–Crippen LogP) is 3.22. The van der Waals surface area contributed by atoms with Gasteiger partial charge in [0.25, 0.3) is 0 Å². The summed E-state index contributed by atoms with van der Waals surface area (Å²) in [6, 6.07) is 3.89. The molecule has 5 rings (SSSR count). The third-order valence-corrected chi connectivity index (χ3v) is 8.63. The summed E-state index contributed by atoms with van der Waals surface area (Å²) < 4.78 is 30.0. The van der Waals surface area contributed by atoms with E-state index >= 15 is 0 Å². The Kier molecular flexibility index (Phi) is 7.54. The molecule has 4 aliphatic heterocycles. The van der Waals surface area contributed by atoms with Crippen LogP contribution >= 0.6 is 0 Å². The van der Waals surface area contributed by atoms with Crippen molar-refractivity contribution < 1.29 is 33.1 Å². The maximum absolute atomic E-state index is 13.3. The fourth-order valence-electron chi connectivity index (χ4n) is 5.71. The molecule has 1 aromatic carbocycles. The van der Waals surface area contributed by atoms with Gasteiger partial charge in [0.2, 0.25) is 5.91 Å². The van der Waals surface area contributed by atoms with Crippen LogP contribution in [0.3, 0.4) is 0 Å². The number of hydrogen-bond acceptors (Lipinski definition) is 7. The average Bonchev–Trinajstić information content (AvgIpc) is 3.47. The second-order valence-electron chi connectivity index (χ2n) is 13.2. The second-order valence-corrected chi connectivity index (χ2v) is 13.2. The molecule has 214 valence electrons. The number of morpholine rings is 1. The number of benzene rings is 1. The number of amides is 2. The lowest BCUT2D eigenvalue weighted by Crippen LogP contribution is -2.47. The lowest BCUT2D eigenvalue weighted by Gasteiger charge is -2.40. The van der Waals surface area contributed by atoms with Gasteiger partial charge in [-0.25, -0.2) is 4.79 Å². The third-order valence-electron chi connectivity index (χ3n) is 8.63. The third kappa shape index (κ3) is 5.71. The standard InChI is InChI=1S/C29H43BN2O7/c1-27(2,3)37-26(34)32-11-13-36-18-24(32)22-15-21(30-38-28(4,5)29(6,7)39-30)14-19-8-10-31(16-23(19)22)25(33)20-9-12-35-17-20/h14-15,20,24H,8-13,16-18H2,1-7H3/t20-,24-/m0/s1. The Labute approximate surface area is 232 Å². The Balaban J connectivity index is 1.53. The van der Waals surface area contributed by atoms with E-state index in [1.54, 1.807) is 4.90 Å². The van der Waals surface area contributed by atoms with Gasteiger partial charge in [-0.05, 0) is 83.5 Å². The summed E-state index contributed by atoms with van der Waals surface area (Å²) >= 11 is 0. The summed E-state index contributed by atoms with van der Waals surface area (Å²) in [6.45, 7) is 17.3. The first-order chi connectivity index (χ1) is 18.3. The van der Waals surface area contributed by atoms with Crippen LogP contribution in [0.4, 0.5) is 4.79 Å². The van der Waals surface area contributed by atoms with Crippen molar-refractivity contribution in [3.05, 3.63) is 28.8 Å². The smallest absolute Gasteiger partial charge is 0.444 e. The van der Waals surface area contributed by atoms with Crippen LogP contribution in [0.5, 0.6) is 0 Å². The van der Waals surface area contributed by atoms with Crippen LogP contribution in [-0.2, 0) is 41.3 Å². The highest BCUT2D eigenvalue weighted by Gasteiger charge is 2.52. The quantitative estimate of drug-likeness (QED) is 0.543. The highest BCUT2D eigenvalue weighted by molar-refractivity contribution is 6.62. The van der Waals surface area contributed by atoms with Crippen LogP contribution in [0.15, 0.2) is 12.1 Å². The van der Waals surface area contributed by atoms with Gasteiger partial charge in [0.1, 0.15) is 5.60 Å². The van der Waals surface area contributed by atoms with Crippen molar-refractivity contribution in [1.29, 1.82) is 0 Å². The number of nitrogens with zero attached hydrogens (tertiary/aromatic N) is 2. The molecular weight excluding hydrogens is 499 g/mol. The highest BCUT2D eigenvalue weighted by atomic mass is 16.7. The van der Waals surface area contributed by atoms with Crippen LogP contribution in [0.25, 0.3) is 0 Å². The van der Waals surface area contributed by atoms with Gasteiger partial charge in [0.05, 0.1) is 43.0 Å². The molecule has 1 aromatic rings. The minimum atomic E-state index is -0.615. The van der Waals surface area contributed by atoms with Crippen LogP contribution in [0.1, 0.15) is 77.6 Å². The molecule has 0 unspecified atom stereocenters. The molecule has 0 radical (unpaired) electrons. The Morgan fingerprint density at radius 1 is 1.00 bits per heavy atom. The summed E-state index contributed by atoms with van der Waals surface area (Å²) in [6.07, 6.45) is 1.12. The zero-order valence-electron chi connectivity index (χ0n) is 24.5. The highest BCUT2D eigenvalue weighted by Crippen LogP contribution is 2.38. The molecule has 2 amide bonds. The number of fused-ring (bicyclic) bond motifs is 1. The molecule has 2 atom stereocenters. The summed E-state index contributed by atoms with van der Waals surface area (Å²) in [5, 5.41) is 0. The first kappa shape index (κ1) is 28.4. The Morgan fingerprint density at radius 2 is 1.69 bits per heavy atom. The topological polar surface area (TPSA) is 86.8 Å². The Morgan fingerprint density at radius 3 is 2.33 bits per heavy atom. The largest absolute Gasteiger partial charge is 0.494 e. The van der Waals surface area contributed by atoms with Crippen LogP contribution in [0.2, 0.25) is 0 Å². The average molecular weight is 542 g/mol. The lowest BCUT2D eigenvalue weighted by atomic mass is 9.74. The SMILES string of the molecule is CC(C)(C)OC(=O)N1CCOC[C@H]1c1cc(B2OC(C)(C)C(C)(C)O2)cc2c1CN(C(=O)[C@H]1CCOC1)CC2. The molecule has 0 N–H and O–H groups in total. The molecule has 9 nitrogen and oxygen atoms in total. The number of rotatable bonds is 3. The number of carbonyl (C=O) groups is 2. The minimum absolute atomic E-state index is 0.0877. The molecule has 4 aliphatic rings. The fourth-order valence-corrected chi connectivity index (χ4v) is 5.71. The van der Waals surface area contributed by atoms with Gasteiger partial charge < -0.3 is 28.4 Å². The molecular formula is C29H43BN2O7. The fraction of sp³-hybridized carbons (Fsp3) is 0.724. The van der Waals surface area contributed by atoms with Gasteiger partial charge in [-0.1, -0.05) is 12.1 Å². The first-order valence-corrected chi connectivity index (χ1v) is 14.2. The van der Waals surface area contributed by atoms with E-state index in [1.165, 1.54) is 0 Å². The van der Waals surface area contributed by atoms with E-state index in [1.807, 2.05) is 53.4 Å². The van der Waals surface area contributed by atoms with Gasteiger partial charge in [-0.3, -0.25) is 9.69 Å². The zero-order valence-corrected chi connectivity index (χ0v) is 24.5. The van der Waals surface area contributed by atoms with Crippen LogP contribution in [-0.4, -0.2) is 85.2 Å². The van der Waals surface area contributed by atoms with Crippen molar-refractivity contribution in [3.8, 4) is 0 Å². The Bertz CT molecular complexity index is 1090. The molecule has 0 saturated carbocycles. The van der Waals surface area contributed by atoms with Gasteiger partial charge in [-0.2, -0.15) is 0 Å². The first-order valence-electron chi connectivity index (χ1n) is 14.2. The Hall–Kier alpha value is -2.14. The molecule has 0 bridgehead atoms. The number of hydrogen-bond donors (Lipinski definition) is 0. The second kappa shape index (κ2) is 10.4. The molecule has 3 saturated heterocycles. The van der Waals surface area contributed by atoms with Gasteiger partial charge in [0.15, 0.2) is 0 Å². The minimum Gasteiger partial charge on any atom is -0.444 e. The normalized spacial score (nSPS) is 26.5. The van der Waals surface area contributed by atoms with Crippen molar-refractivity contribution in [2.24, 2.45) is 5.92 Å². The maximum Gasteiger partial charge on any atom is 0.494 e. The van der Waals surface area contributed by atoms with Crippen molar-refractivity contribution in [2.75, 3.05) is 39.5 Å². The summed E-state index contributed by atoms with van der Waals surface area (Å²) in [4.78, 5) is 30.4. The van der Waals surface area contributed by atoms with Crippen molar-refractivity contribution in [3.63, 3.8) is 0 Å². The van der Waals surface area contributed by atoms with E-state index in [4.69, 9.17) is 23.5 Å². The predicted molar refractivity (Wildman–Crippen MR) is 147 cm³/mol. The van der Waals surface area contributed by atoms with Gasteiger partial charge in [-0.15, -0.1) is 0 Å². The van der Waals surface area contributed by atoms with Gasteiger partial charge >= 0.3 is 13.2 Å². The van der Waals surface area contributed by atoms with E-state index < -0.39 is 23.9 Å². The van der Waals surface area contributed by atoms with Crippen molar-refractivity contribution in [2.45, 2.75) is 90.7 Å². The van der Waals surface area contributed by atoms with Crippen molar-refractivity contribution >= 4 is 24.6 Å². The molecule has 39 heavy (non-hydrogen) atoms. The zero-order chi connectivity index (χ0) is 28.2. The summed E-state index contributed by atoms with van der Waals surface area (Å²) in [5.74, 6) is 0.0540. The molecule has 10 heteroatoms. The number of carbonyl (C=O) groups excluding carboxylic acids is 2. The van der Waals surface area contributed by atoms with E-state index in [2.05, 4.69) is 12.1 Å². The summed E-state index contributed by atoms with van der Waals surface area (Å²) in [7, 11) is -0.533. The van der Waals surface area contributed by atoms with Crippen LogP contribution in [0, 0.1) is 5.92 Å². The summed E-state index contributed by atoms with van der Waals surface area (Å²) in [5.41, 5.74) is 2.53. The maximum atomic E-state index is 13.3. The molecule has 4 heterocycles. The van der Waals surface area contributed by atoms with E-state index in [-0.39, 0.29) is 24.0 Å². The molecule has 0 spiro atoms.